The maximum absolute atomic E-state index is 5.79. The molecule has 1 aliphatic heterocycles. The quantitative estimate of drug-likeness (QED) is 0.640. The molecule has 1 saturated heterocycles. The highest BCUT2D eigenvalue weighted by Crippen LogP contribution is 2.30. The van der Waals surface area contributed by atoms with Gasteiger partial charge in [-0.2, -0.15) is 0 Å². The van der Waals surface area contributed by atoms with Crippen molar-refractivity contribution in [3.63, 3.8) is 0 Å². The fraction of sp³-hybridized carbons (Fsp3) is 0.800. The van der Waals surface area contributed by atoms with Crippen LogP contribution in [0.3, 0.4) is 0 Å². The molecule has 0 aliphatic carbocycles. The van der Waals surface area contributed by atoms with Crippen LogP contribution in [-0.2, 0) is 4.74 Å². The van der Waals surface area contributed by atoms with E-state index in [2.05, 4.69) is 26.8 Å². The summed E-state index contributed by atoms with van der Waals surface area (Å²) in [5.74, 6) is 0. The van der Waals surface area contributed by atoms with Crippen molar-refractivity contribution in [3.05, 3.63) is 11.6 Å². The lowest BCUT2D eigenvalue weighted by Crippen LogP contribution is -2.19. The third-order valence-electron chi connectivity index (χ3n) is 2.29. The predicted molar refractivity (Wildman–Crippen MR) is 51.0 cm³/mol. The number of rotatable bonds is 2. The number of ether oxygens (including phenoxy) is 1. The molecule has 1 heterocycles. The van der Waals surface area contributed by atoms with E-state index >= 15 is 0 Å². The molecule has 0 aromatic rings. The van der Waals surface area contributed by atoms with Crippen molar-refractivity contribution in [2.75, 3.05) is 6.54 Å². The van der Waals surface area contributed by atoms with Crippen LogP contribution in [0.2, 0.25) is 0 Å². The van der Waals surface area contributed by atoms with Crippen molar-refractivity contribution in [1.29, 1.82) is 0 Å². The zero-order valence-electron chi connectivity index (χ0n) is 8.26. The van der Waals surface area contributed by atoms with Gasteiger partial charge in [-0.3, -0.25) is 0 Å². The van der Waals surface area contributed by atoms with E-state index in [1.54, 1.807) is 0 Å². The van der Waals surface area contributed by atoms with Gasteiger partial charge in [0.1, 0.15) is 0 Å². The smallest absolute Gasteiger partial charge is 0.0767 e. The van der Waals surface area contributed by atoms with Crippen LogP contribution < -0.4 is 5.73 Å². The lowest BCUT2D eigenvalue weighted by molar-refractivity contribution is 0.00491. The highest BCUT2D eigenvalue weighted by Gasteiger charge is 2.30. The van der Waals surface area contributed by atoms with Crippen LogP contribution in [0, 0.1) is 0 Å². The Morgan fingerprint density at radius 3 is 2.75 bits per heavy atom. The monoisotopic (exact) mass is 169 g/mol. The molecule has 0 bridgehead atoms. The summed E-state index contributed by atoms with van der Waals surface area (Å²) in [6.45, 7) is 6.96. The van der Waals surface area contributed by atoms with E-state index in [9.17, 15) is 0 Å². The van der Waals surface area contributed by atoms with E-state index in [-0.39, 0.29) is 5.60 Å². The van der Waals surface area contributed by atoms with E-state index in [0.29, 0.717) is 12.6 Å². The van der Waals surface area contributed by atoms with Crippen molar-refractivity contribution in [3.8, 4) is 0 Å². The third-order valence-corrected chi connectivity index (χ3v) is 2.29. The minimum atomic E-state index is 0.0655. The molecule has 0 aromatic carbocycles. The third kappa shape index (κ3) is 2.61. The summed E-state index contributed by atoms with van der Waals surface area (Å²) in [4.78, 5) is 0. The summed E-state index contributed by atoms with van der Waals surface area (Å²) >= 11 is 0. The van der Waals surface area contributed by atoms with Gasteiger partial charge in [0.05, 0.1) is 11.7 Å². The molecule has 12 heavy (non-hydrogen) atoms. The number of hydrogen-bond donors (Lipinski definition) is 1. The molecule has 0 saturated carbocycles. The zero-order chi connectivity index (χ0) is 9.19. The van der Waals surface area contributed by atoms with Crippen molar-refractivity contribution in [2.24, 2.45) is 5.73 Å². The summed E-state index contributed by atoms with van der Waals surface area (Å²) in [6, 6.07) is 0. The van der Waals surface area contributed by atoms with Gasteiger partial charge in [-0.25, -0.2) is 0 Å². The van der Waals surface area contributed by atoms with E-state index in [4.69, 9.17) is 10.5 Å². The average Bonchev–Trinajstić information content (AvgIpc) is 2.30. The van der Waals surface area contributed by atoms with Gasteiger partial charge in [-0.15, -0.1) is 0 Å². The largest absolute Gasteiger partial charge is 0.368 e. The fourth-order valence-electron chi connectivity index (χ4n) is 1.52. The summed E-state index contributed by atoms with van der Waals surface area (Å²) in [5.41, 5.74) is 6.78. The second-order valence-electron chi connectivity index (χ2n) is 4.17. The first-order valence-corrected chi connectivity index (χ1v) is 4.59. The summed E-state index contributed by atoms with van der Waals surface area (Å²) < 4.78 is 5.79. The van der Waals surface area contributed by atoms with Gasteiger partial charge >= 0.3 is 0 Å². The molecule has 1 rings (SSSR count). The molecule has 0 amide bonds. The molecule has 1 unspecified atom stereocenters. The Morgan fingerprint density at radius 1 is 1.67 bits per heavy atom. The Labute approximate surface area is 74.8 Å². The van der Waals surface area contributed by atoms with Crippen molar-refractivity contribution in [2.45, 2.75) is 45.3 Å². The molecule has 0 aromatic heterocycles. The van der Waals surface area contributed by atoms with Crippen molar-refractivity contribution in [1.82, 2.24) is 0 Å². The summed E-state index contributed by atoms with van der Waals surface area (Å²) in [5, 5.41) is 0. The van der Waals surface area contributed by atoms with Gasteiger partial charge < -0.3 is 10.5 Å². The predicted octanol–water partition coefficient (Wildman–Crippen LogP) is 1.85. The summed E-state index contributed by atoms with van der Waals surface area (Å²) in [7, 11) is 0. The van der Waals surface area contributed by atoms with Crippen LogP contribution in [0.15, 0.2) is 11.6 Å². The zero-order valence-corrected chi connectivity index (χ0v) is 8.26. The topological polar surface area (TPSA) is 35.2 Å². The minimum absolute atomic E-state index is 0.0655. The molecule has 2 N–H and O–H groups in total. The molecular formula is C10H19NO. The Hall–Kier alpha value is -0.340. The molecule has 2 nitrogen and oxygen atoms in total. The standard InChI is InChI=1S/C10H19NO/c1-8(7-11)6-9-4-5-10(2,3)12-9/h6,9H,4-5,7,11H2,1-3H3. The number of hydrogen-bond acceptors (Lipinski definition) is 2. The highest BCUT2D eigenvalue weighted by atomic mass is 16.5. The maximum Gasteiger partial charge on any atom is 0.0767 e. The molecule has 70 valence electrons. The van der Waals surface area contributed by atoms with E-state index in [0.717, 1.165) is 12.8 Å². The van der Waals surface area contributed by atoms with Crippen LogP contribution in [0.1, 0.15) is 33.6 Å². The number of nitrogens with two attached hydrogens (primary N) is 1. The molecule has 0 radical (unpaired) electrons. The van der Waals surface area contributed by atoms with Gasteiger partial charge in [0, 0.05) is 6.54 Å². The van der Waals surface area contributed by atoms with Crippen LogP contribution >= 0.6 is 0 Å². The second-order valence-corrected chi connectivity index (χ2v) is 4.17. The first kappa shape index (κ1) is 9.75. The molecule has 2 heteroatoms. The lowest BCUT2D eigenvalue weighted by Gasteiger charge is -2.17. The van der Waals surface area contributed by atoms with Crippen LogP contribution in [0.5, 0.6) is 0 Å². The van der Waals surface area contributed by atoms with Gasteiger partial charge in [0.25, 0.3) is 0 Å². The van der Waals surface area contributed by atoms with Gasteiger partial charge in [0.15, 0.2) is 0 Å². The van der Waals surface area contributed by atoms with Crippen LogP contribution in [-0.4, -0.2) is 18.2 Å². The molecule has 0 spiro atoms. The lowest BCUT2D eigenvalue weighted by atomic mass is 10.0. The van der Waals surface area contributed by atoms with E-state index < -0.39 is 0 Å². The summed E-state index contributed by atoms with van der Waals surface area (Å²) in [6.07, 6.45) is 4.72. The average molecular weight is 169 g/mol. The Balaban J connectivity index is 2.48. The van der Waals surface area contributed by atoms with Crippen LogP contribution in [0.25, 0.3) is 0 Å². The first-order chi connectivity index (χ1) is 5.53. The molecule has 1 fully saturated rings. The SMILES string of the molecule is CC(=CC1CCC(C)(C)O1)CN. The second kappa shape index (κ2) is 3.58. The highest BCUT2D eigenvalue weighted by molar-refractivity contribution is 5.05. The van der Waals surface area contributed by atoms with Crippen molar-refractivity contribution < 1.29 is 4.74 Å². The maximum atomic E-state index is 5.79. The fourth-order valence-corrected chi connectivity index (χ4v) is 1.52. The molecule has 1 aliphatic rings. The molecular weight excluding hydrogens is 150 g/mol. The normalized spacial score (nSPS) is 29.3. The minimum Gasteiger partial charge on any atom is -0.368 e. The van der Waals surface area contributed by atoms with Gasteiger partial charge in [0.2, 0.25) is 0 Å². The first-order valence-electron chi connectivity index (χ1n) is 4.59. The van der Waals surface area contributed by atoms with E-state index in [1.807, 2.05) is 0 Å². The van der Waals surface area contributed by atoms with E-state index in [1.165, 1.54) is 5.57 Å². The Kier molecular flexibility index (Phi) is 2.91. The molecule has 1 atom stereocenters. The van der Waals surface area contributed by atoms with Gasteiger partial charge in [-0.1, -0.05) is 11.6 Å². The Bertz CT molecular complexity index is 184. The van der Waals surface area contributed by atoms with Crippen LogP contribution in [0.4, 0.5) is 0 Å². The van der Waals surface area contributed by atoms with Gasteiger partial charge in [-0.05, 0) is 33.6 Å². The Morgan fingerprint density at radius 2 is 2.33 bits per heavy atom. The van der Waals surface area contributed by atoms with Crippen molar-refractivity contribution >= 4 is 0 Å².